The first-order valence-electron chi connectivity index (χ1n) is 3.98. The first kappa shape index (κ1) is 9.75. The molecule has 0 fully saturated rings. The van der Waals surface area contributed by atoms with Gasteiger partial charge in [0.25, 0.3) is 0 Å². The highest BCUT2D eigenvalue weighted by Crippen LogP contribution is 2.28. The lowest BCUT2D eigenvalue weighted by Crippen LogP contribution is -2.06. The van der Waals surface area contributed by atoms with E-state index in [-0.39, 0.29) is 17.0 Å². The van der Waals surface area contributed by atoms with Crippen LogP contribution in [0.4, 0.5) is 13.2 Å². The Morgan fingerprint density at radius 2 is 2.00 bits per heavy atom. The van der Waals surface area contributed by atoms with Crippen LogP contribution in [-0.2, 0) is 6.18 Å². The van der Waals surface area contributed by atoms with E-state index in [4.69, 9.17) is 4.74 Å². The van der Waals surface area contributed by atoms with Crippen molar-refractivity contribution >= 4 is 11.2 Å². The van der Waals surface area contributed by atoms with Gasteiger partial charge in [-0.3, -0.25) is 0 Å². The van der Waals surface area contributed by atoms with Crippen LogP contribution in [0.15, 0.2) is 12.1 Å². The average molecular weight is 217 g/mol. The third-order valence-corrected chi connectivity index (χ3v) is 1.80. The van der Waals surface area contributed by atoms with E-state index in [1.54, 1.807) is 0 Å². The number of aromatic nitrogens is 3. The maximum absolute atomic E-state index is 12.3. The molecule has 7 heteroatoms. The average Bonchev–Trinajstić information content (AvgIpc) is 2.59. The smallest absolute Gasteiger partial charge is 0.449 e. The third kappa shape index (κ3) is 1.72. The fourth-order valence-corrected chi connectivity index (χ4v) is 1.12. The molecule has 0 atom stereocenters. The third-order valence-electron chi connectivity index (χ3n) is 1.80. The predicted octanol–water partition coefficient (Wildman–Crippen LogP) is 1.99. The second-order valence-corrected chi connectivity index (χ2v) is 2.81. The van der Waals surface area contributed by atoms with Crippen molar-refractivity contribution in [3.8, 4) is 5.88 Å². The number of hydrogen-bond donors (Lipinski definition) is 1. The van der Waals surface area contributed by atoms with Gasteiger partial charge in [-0.15, -0.1) is 0 Å². The van der Waals surface area contributed by atoms with E-state index >= 15 is 0 Å². The van der Waals surface area contributed by atoms with Gasteiger partial charge in [0.1, 0.15) is 0 Å². The summed E-state index contributed by atoms with van der Waals surface area (Å²) in [6, 6.07) is 2.89. The maximum Gasteiger partial charge on any atom is 0.449 e. The Balaban J connectivity index is 2.56. The Morgan fingerprint density at radius 3 is 2.60 bits per heavy atom. The minimum atomic E-state index is -4.49. The summed E-state index contributed by atoms with van der Waals surface area (Å²) in [5.41, 5.74) is 0.213. The molecule has 0 aliphatic rings. The maximum atomic E-state index is 12.3. The molecule has 0 unspecified atom stereocenters. The summed E-state index contributed by atoms with van der Waals surface area (Å²) < 4.78 is 41.5. The van der Waals surface area contributed by atoms with Gasteiger partial charge in [0.05, 0.1) is 12.6 Å². The number of hydrogen-bond acceptors (Lipinski definition) is 3. The number of ether oxygens (including phenoxy) is 1. The number of rotatable bonds is 1. The van der Waals surface area contributed by atoms with E-state index in [1.807, 2.05) is 0 Å². The molecule has 0 radical (unpaired) electrons. The number of imidazole rings is 1. The number of halogens is 3. The van der Waals surface area contributed by atoms with Crippen LogP contribution < -0.4 is 4.74 Å². The highest BCUT2D eigenvalue weighted by atomic mass is 19.4. The largest absolute Gasteiger partial charge is 0.481 e. The first-order valence-corrected chi connectivity index (χ1v) is 3.98. The van der Waals surface area contributed by atoms with Crippen LogP contribution >= 0.6 is 0 Å². The number of pyridine rings is 1. The molecule has 4 nitrogen and oxygen atoms in total. The van der Waals surface area contributed by atoms with Gasteiger partial charge in [-0.25, -0.2) is 4.98 Å². The Labute approximate surface area is 82.1 Å². The summed E-state index contributed by atoms with van der Waals surface area (Å²) in [6.07, 6.45) is -4.49. The van der Waals surface area contributed by atoms with Gasteiger partial charge in [-0.1, -0.05) is 0 Å². The molecule has 0 amide bonds. The molecule has 15 heavy (non-hydrogen) atoms. The number of nitrogens with zero attached hydrogens (tertiary/aromatic N) is 2. The van der Waals surface area contributed by atoms with E-state index < -0.39 is 12.0 Å². The lowest BCUT2D eigenvalue weighted by atomic mass is 10.4. The monoisotopic (exact) mass is 217 g/mol. The first-order chi connectivity index (χ1) is 7.00. The number of aromatic amines is 1. The van der Waals surface area contributed by atoms with Crippen molar-refractivity contribution in [2.45, 2.75) is 6.18 Å². The van der Waals surface area contributed by atoms with Crippen molar-refractivity contribution in [3.05, 3.63) is 18.0 Å². The van der Waals surface area contributed by atoms with E-state index in [1.165, 1.54) is 19.2 Å². The van der Waals surface area contributed by atoms with Crippen molar-refractivity contribution in [1.29, 1.82) is 0 Å². The van der Waals surface area contributed by atoms with Crippen LogP contribution in [0.2, 0.25) is 0 Å². The van der Waals surface area contributed by atoms with Crippen LogP contribution in [0.25, 0.3) is 11.2 Å². The van der Waals surface area contributed by atoms with Crippen molar-refractivity contribution in [2.75, 3.05) is 7.11 Å². The van der Waals surface area contributed by atoms with E-state index in [9.17, 15) is 13.2 Å². The summed E-state index contributed by atoms with van der Waals surface area (Å²) in [5.74, 6) is -0.832. The van der Waals surface area contributed by atoms with Gasteiger partial charge in [0.15, 0.2) is 5.65 Å². The quantitative estimate of drug-likeness (QED) is 0.794. The van der Waals surface area contributed by atoms with Gasteiger partial charge in [-0.05, 0) is 6.07 Å². The Kier molecular flexibility index (Phi) is 2.02. The summed E-state index contributed by atoms with van der Waals surface area (Å²) >= 11 is 0. The number of fused-ring (bicyclic) bond motifs is 1. The van der Waals surface area contributed by atoms with Crippen molar-refractivity contribution < 1.29 is 17.9 Å². The number of methoxy groups -OCH3 is 1. The van der Waals surface area contributed by atoms with Crippen LogP contribution in [0, 0.1) is 0 Å². The van der Waals surface area contributed by atoms with Crippen LogP contribution in [-0.4, -0.2) is 22.1 Å². The molecule has 80 valence electrons. The number of nitrogens with one attached hydrogen (secondary N) is 1. The van der Waals surface area contributed by atoms with Gasteiger partial charge < -0.3 is 9.72 Å². The van der Waals surface area contributed by atoms with E-state index in [2.05, 4.69) is 15.0 Å². The normalized spacial score (nSPS) is 12.0. The van der Waals surface area contributed by atoms with Crippen LogP contribution in [0.3, 0.4) is 0 Å². The molecule has 0 bridgehead atoms. The van der Waals surface area contributed by atoms with Crippen LogP contribution in [0.5, 0.6) is 5.88 Å². The van der Waals surface area contributed by atoms with E-state index in [0.29, 0.717) is 0 Å². The zero-order valence-electron chi connectivity index (χ0n) is 7.59. The molecule has 0 aliphatic carbocycles. The summed E-state index contributed by atoms with van der Waals surface area (Å²) in [4.78, 5) is 9.22. The van der Waals surface area contributed by atoms with Gasteiger partial charge in [0, 0.05) is 6.07 Å². The standard InChI is InChI=1S/C8H6F3N3O/c1-15-5-3-2-4-6(13-5)14-7(12-4)8(9,10)11/h2-3H,1H3,(H,12,13,14). The molecule has 2 aromatic rings. The van der Waals surface area contributed by atoms with Crippen LogP contribution in [0.1, 0.15) is 5.82 Å². The molecular weight excluding hydrogens is 211 g/mol. The Hall–Kier alpha value is -1.79. The van der Waals surface area contributed by atoms with Gasteiger partial charge in [0.2, 0.25) is 11.7 Å². The minimum absolute atomic E-state index is 0.0123. The molecule has 0 aromatic carbocycles. The lowest BCUT2D eigenvalue weighted by Gasteiger charge is -1.98. The molecule has 0 saturated carbocycles. The van der Waals surface area contributed by atoms with Crippen molar-refractivity contribution in [2.24, 2.45) is 0 Å². The Bertz CT molecular complexity index is 491. The lowest BCUT2D eigenvalue weighted by molar-refractivity contribution is -0.144. The minimum Gasteiger partial charge on any atom is -0.481 e. The van der Waals surface area contributed by atoms with Crippen molar-refractivity contribution in [1.82, 2.24) is 15.0 Å². The summed E-state index contributed by atoms with van der Waals surface area (Å²) in [7, 11) is 1.38. The fourth-order valence-electron chi connectivity index (χ4n) is 1.12. The zero-order valence-corrected chi connectivity index (χ0v) is 7.59. The molecule has 1 N–H and O–H groups in total. The molecular formula is C8H6F3N3O. The Morgan fingerprint density at radius 1 is 1.27 bits per heavy atom. The molecule has 2 aromatic heterocycles. The highest BCUT2D eigenvalue weighted by Gasteiger charge is 2.34. The molecule has 0 saturated heterocycles. The number of H-pyrrole nitrogens is 1. The predicted molar refractivity (Wildman–Crippen MR) is 45.4 cm³/mol. The topological polar surface area (TPSA) is 50.8 Å². The fraction of sp³-hybridized carbons (Fsp3) is 0.250. The number of alkyl halides is 3. The molecule has 2 heterocycles. The molecule has 0 aliphatic heterocycles. The van der Waals surface area contributed by atoms with Crippen molar-refractivity contribution in [3.63, 3.8) is 0 Å². The zero-order chi connectivity index (χ0) is 11.1. The second kappa shape index (κ2) is 3.11. The van der Waals surface area contributed by atoms with Gasteiger partial charge >= 0.3 is 6.18 Å². The molecule has 2 rings (SSSR count). The second-order valence-electron chi connectivity index (χ2n) is 2.81. The SMILES string of the molecule is COc1ccc2[nH]c(C(F)(F)F)nc2n1. The summed E-state index contributed by atoms with van der Waals surface area (Å²) in [6.45, 7) is 0. The highest BCUT2D eigenvalue weighted by molar-refractivity contribution is 5.71. The van der Waals surface area contributed by atoms with Gasteiger partial charge in [-0.2, -0.15) is 18.2 Å². The summed E-state index contributed by atoms with van der Waals surface area (Å²) in [5, 5.41) is 0. The van der Waals surface area contributed by atoms with E-state index in [0.717, 1.165) is 0 Å². The molecule has 0 spiro atoms.